The van der Waals surface area contributed by atoms with Crippen LogP contribution in [0.5, 0.6) is 0 Å². The number of ether oxygens (including phenoxy) is 1. The van der Waals surface area contributed by atoms with E-state index < -0.39 is 0 Å². The third kappa shape index (κ3) is 5.02. The zero-order valence-electron chi connectivity index (χ0n) is 9.61. The summed E-state index contributed by atoms with van der Waals surface area (Å²) in [6.45, 7) is 8.92. The molecule has 13 heavy (non-hydrogen) atoms. The highest BCUT2D eigenvalue weighted by Crippen LogP contribution is 2.36. The lowest BCUT2D eigenvalue weighted by atomic mass is 9.76. The second-order valence-electron chi connectivity index (χ2n) is 4.74. The molecular weight excluding hydrogens is 228 g/mol. The Morgan fingerprint density at radius 2 is 1.77 bits per heavy atom. The van der Waals surface area contributed by atoms with Crippen LogP contribution in [0.1, 0.15) is 47.0 Å². The fourth-order valence-corrected chi connectivity index (χ4v) is 2.68. The van der Waals surface area contributed by atoms with E-state index in [4.69, 9.17) is 4.74 Å². The van der Waals surface area contributed by atoms with E-state index in [1.54, 1.807) is 7.11 Å². The van der Waals surface area contributed by atoms with Crippen LogP contribution >= 0.6 is 15.9 Å². The molecule has 0 spiro atoms. The van der Waals surface area contributed by atoms with Crippen LogP contribution in [0.25, 0.3) is 0 Å². The molecule has 0 rings (SSSR count). The molecule has 0 aliphatic heterocycles. The molecule has 0 saturated heterocycles. The van der Waals surface area contributed by atoms with E-state index in [1.165, 1.54) is 12.8 Å². The lowest BCUT2D eigenvalue weighted by molar-refractivity contribution is -0.0183. The maximum Gasteiger partial charge on any atom is 0.0627 e. The largest absolute Gasteiger partial charge is 0.379 e. The highest BCUT2D eigenvalue weighted by Gasteiger charge is 2.30. The average molecular weight is 251 g/mol. The molecule has 0 amide bonds. The summed E-state index contributed by atoms with van der Waals surface area (Å²) in [5.41, 5.74) is 0.413. The number of hydrogen-bond acceptors (Lipinski definition) is 1. The highest BCUT2D eigenvalue weighted by atomic mass is 79.9. The highest BCUT2D eigenvalue weighted by molar-refractivity contribution is 9.09. The summed E-state index contributed by atoms with van der Waals surface area (Å²) >= 11 is 3.51. The van der Waals surface area contributed by atoms with E-state index >= 15 is 0 Å². The smallest absolute Gasteiger partial charge is 0.0627 e. The minimum Gasteiger partial charge on any atom is -0.379 e. The van der Waals surface area contributed by atoms with Gasteiger partial charge in [0.1, 0.15) is 0 Å². The molecule has 0 bridgehead atoms. The van der Waals surface area contributed by atoms with Gasteiger partial charge in [-0.05, 0) is 32.1 Å². The van der Waals surface area contributed by atoms with Gasteiger partial charge < -0.3 is 4.74 Å². The van der Waals surface area contributed by atoms with Crippen molar-refractivity contribution in [2.45, 2.75) is 52.6 Å². The third-order valence-electron chi connectivity index (χ3n) is 2.96. The Labute approximate surface area is 91.4 Å². The molecule has 2 heteroatoms. The van der Waals surface area contributed by atoms with E-state index in [1.807, 2.05) is 0 Å². The van der Waals surface area contributed by atoms with Crippen molar-refractivity contribution >= 4 is 15.9 Å². The maximum absolute atomic E-state index is 5.47. The van der Waals surface area contributed by atoms with Crippen molar-refractivity contribution in [1.82, 2.24) is 0 Å². The third-order valence-corrected chi connectivity index (χ3v) is 3.35. The zero-order valence-corrected chi connectivity index (χ0v) is 11.2. The molecule has 80 valence electrons. The maximum atomic E-state index is 5.47. The summed E-state index contributed by atoms with van der Waals surface area (Å²) in [7, 11) is 1.80. The standard InChI is InChI=1S/C11H23BrO/c1-6-11(4,7-8-12)9-10(2,3)13-5/h6-9H2,1-5H3. The van der Waals surface area contributed by atoms with Gasteiger partial charge in [0.05, 0.1) is 5.60 Å². The van der Waals surface area contributed by atoms with E-state index in [9.17, 15) is 0 Å². The van der Waals surface area contributed by atoms with Crippen LogP contribution in [0.2, 0.25) is 0 Å². The van der Waals surface area contributed by atoms with Crippen molar-refractivity contribution in [3.05, 3.63) is 0 Å². The van der Waals surface area contributed by atoms with E-state index in [0.717, 1.165) is 11.8 Å². The summed E-state index contributed by atoms with van der Waals surface area (Å²) in [6.07, 6.45) is 3.56. The summed E-state index contributed by atoms with van der Waals surface area (Å²) in [5, 5.41) is 1.08. The molecule has 0 aliphatic carbocycles. The molecule has 0 aromatic heterocycles. The Morgan fingerprint density at radius 3 is 2.08 bits per heavy atom. The Kier molecular flexibility index (Phi) is 5.53. The molecule has 1 unspecified atom stereocenters. The number of hydrogen-bond donors (Lipinski definition) is 0. The van der Waals surface area contributed by atoms with E-state index in [-0.39, 0.29) is 5.60 Å². The molecule has 0 saturated carbocycles. The van der Waals surface area contributed by atoms with Crippen molar-refractivity contribution in [2.75, 3.05) is 12.4 Å². The van der Waals surface area contributed by atoms with Gasteiger partial charge >= 0.3 is 0 Å². The van der Waals surface area contributed by atoms with Gasteiger partial charge in [-0.25, -0.2) is 0 Å². The van der Waals surface area contributed by atoms with Crippen LogP contribution in [-0.4, -0.2) is 18.0 Å². The van der Waals surface area contributed by atoms with Crippen molar-refractivity contribution in [1.29, 1.82) is 0 Å². The molecule has 1 nitrogen and oxygen atoms in total. The van der Waals surface area contributed by atoms with Gasteiger partial charge in [0.25, 0.3) is 0 Å². The first-order valence-electron chi connectivity index (χ1n) is 5.00. The molecule has 1 atom stereocenters. The Hall–Kier alpha value is 0.440. The van der Waals surface area contributed by atoms with Crippen LogP contribution in [0.3, 0.4) is 0 Å². The Morgan fingerprint density at radius 1 is 1.23 bits per heavy atom. The number of halogens is 1. The van der Waals surface area contributed by atoms with Gasteiger partial charge in [-0.3, -0.25) is 0 Å². The van der Waals surface area contributed by atoms with Crippen LogP contribution in [0.4, 0.5) is 0 Å². The van der Waals surface area contributed by atoms with Crippen LogP contribution in [0, 0.1) is 5.41 Å². The zero-order chi connectivity index (χ0) is 10.5. The Balaban J connectivity index is 4.25. The number of rotatable bonds is 6. The summed E-state index contributed by atoms with van der Waals surface area (Å²) in [4.78, 5) is 0. The quantitative estimate of drug-likeness (QED) is 0.648. The number of alkyl halides is 1. The number of methoxy groups -OCH3 is 1. The molecule has 0 aliphatic rings. The Bertz CT molecular complexity index is 145. The van der Waals surface area contributed by atoms with E-state index in [0.29, 0.717) is 5.41 Å². The second-order valence-corrected chi connectivity index (χ2v) is 5.54. The summed E-state index contributed by atoms with van der Waals surface area (Å²) < 4.78 is 5.47. The summed E-state index contributed by atoms with van der Waals surface area (Å²) in [6, 6.07) is 0. The van der Waals surface area contributed by atoms with Crippen LogP contribution < -0.4 is 0 Å². The van der Waals surface area contributed by atoms with Crippen molar-refractivity contribution in [2.24, 2.45) is 5.41 Å². The molecule has 0 heterocycles. The van der Waals surface area contributed by atoms with Crippen molar-refractivity contribution in [3.63, 3.8) is 0 Å². The summed E-state index contributed by atoms with van der Waals surface area (Å²) in [5.74, 6) is 0. The SMILES string of the molecule is CCC(C)(CCBr)CC(C)(C)OC. The topological polar surface area (TPSA) is 9.23 Å². The van der Waals surface area contributed by atoms with Gasteiger partial charge in [0, 0.05) is 12.4 Å². The lowest BCUT2D eigenvalue weighted by Gasteiger charge is -2.36. The first-order chi connectivity index (χ1) is 5.89. The van der Waals surface area contributed by atoms with Crippen molar-refractivity contribution in [3.8, 4) is 0 Å². The average Bonchev–Trinajstić information content (AvgIpc) is 2.04. The monoisotopic (exact) mass is 250 g/mol. The molecule has 0 fully saturated rings. The predicted octanol–water partition coefficient (Wildman–Crippen LogP) is 4.00. The molecule has 0 N–H and O–H groups in total. The minimum atomic E-state index is 0.00688. The fourth-order valence-electron chi connectivity index (χ4n) is 1.72. The predicted molar refractivity (Wildman–Crippen MR) is 62.5 cm³/mol. The minimum absolute atomic E-state index is 0.00688. The second kappa shape index (κ2) is 5.35. The van der Waals surface area contributed by atoms with Gasteiger partial charge in [-0.2, -0.15) is 0 Å². The molecule has 0 aromatic rings. The normalized spacial score (nSPS) is 17.1. The molecule has 0 aromatic carbocycles. The molecule has 0 radical (unpaired) electrons. The first kappa shape index (κ1) is 13.4. The molecular formula is C11H23BrO. The fraction of sp³-hybridized carbons (Fsp3) is 1.00. The van der Waals surface area contributed by atoms with Gasteiger partial charge in [-0.15, -0.1) is 0 Å². The van der Waals surface area contributed by atoms with Gasteiger partial charge in [0.2, 0.25) is 0 Å². The van der Waals surface area contributed by atoms with E-state index in [2.05, 4.69) is 43.6 Å². The lowest BCUT2D eigenvalue weighted by Crippen LogP contribution is -2.32. The van der Waals surface area contributed by atoms with Gasteiger partial charge in [0.15, 0.2) is 0 Å². The van der Waals surface area contributed by atoms with Crippen molar-refractivity contribution < 1.29 is 4.74 Å². The van der Waals surface area contributed by atoms with Gasteiger partial charge in [-0.1, -0.05) is 36.2 Å². The van der Waals surface area contributed by atoms with Crippen LogP contribution in [0.15, 0.2) is 0 Å². The van der Waals surface area contributed by atoms with Crippen LogP contribution in [-0.2, 0) is 4.74 Å². The first-order valence-corrected chi connectivity index (χ1v) is 6.12.